The molecule has 8 nitrogen and oxygen atoms in total. The van der Waals surface area contributed by atoms with Crippen LogP contribution in [0.4, 0.5) is 4.79 Å². The van der Waals surface area contributed by atoms with E-state index in [1.807, 2.05) is 42.5 Å². The van der Waals surface area contributed by atoms with Crippen LogP contribution >= 0.6 is 11.6 Å². The van der Waals surface area contributed by atoms with Crippen molar-refractivity contribution in [2.75, 3.05) is 6.54 Å². The van der Waals surface area contributed by atoms with E-state index < -0.39 is 29.3 Å². The number of nitrogens with zero attached hydrogens (tertiary/aromatic N) is 2. The van der Waals surface area contributed by atoms with Crippen molar-refractivity contribution in [2.24, 2.45) is 5.92 Å². The van der Waals surface area contributed by atoms with Crippen LogP contribution in [0.1, 0.15) is 30.9 Å². The lowest BCUT2D eigenvalue weighted by molar-refractivity contribution is -0.140. The number of hydrogen-bond acceptors (Lipinski definition) is 4. The van der Waals surface area contributed by atoms with Crippen molar-refractivity contribution < 1.29 is 19.2 Å². The molecule has 2 aromatic carbocycles. The van der Waals surface area contributed by atoms with Gasteiger partial charge in [0.05, 0.1) is 5.92 Å². The second kappa shape index (κ2) is 9.23. The minimum absolute atomic E-state index is 0.00517. The Kier molecular flexibility index (Phi) is 6.37. The first-order valence-corrected chi connectivity index (χ1v) is 11.2. The summed E-state index contributed by atoms with van der Waals surface area (Å²) in [7, 11) is 0. The molecular formula is C24H25ClN4O4. The SMILES string of the molecule is C[C@@]1(CCc2ccccc2)NC(=O)N(NC(=O)[C@@H]2CC(=O)N(Cc3ccccc3Cl)C2)C1=O. The van der Waals surface area contributed by atoms with Crippen LogP contribution in [0.2, 0.25) is 5.02 Å². The average molecular weight is 469 g/mol. The number of rotatable bonds is 7. The summed E-state index contributed by atoms with van der Waals surface area (Å²) >= 11 is 6.18. The Morgan fingerprint density at radius 1 is 1.12 bits per heavy atom. The number of hydrazine groups is 1. The van der Waals surface area contributed by atoms with Crippen LogP contribution in [-0.4, -0.2) is 45.7 Å². The maximum atomic E-state index is 13.0. The fourth-order valence-corrected chi connectivity index (χ4v) is 4.32. The van der Waals surface area contributed by atoms with E-state index >= 15 is 0 Å². The Hall–Kier alpha value is -3.39. The normalized spacial score (nSPS) is 22.6. The molecule has 2 fully saturated rings. The Morgan fingerprint density at radius 3 is 2.55 bits per heavy atom. The molecule has 0 spiro atoms. The molecule has 2 aromatic rings. The molecule has 2 N–H and O–H groups in total. The summed E-state index contributed by atoms with van der Waals surface area (Å²) in [5.74, 6) is -1.91. The highest BCUT2D eigenvalue weighted by molar-refractivity contribution is 6.31. The fraction of sp³-hybridized carbons (Fsp3) is 0.333. The first-order chi connectivity index (χ1) is 15.8. The van der Waals surface area contributed by atoms with Gasteiger partial charge in [0.2, 0.25) is 11.8 Å². The van der Waals surface area contributed by atoms with Gasteiger partial charge in [0.25, 0.3) is 5.91 Å². The van der Waals surface area contributed by atoms with E-state index in [0.717, 1.165) is 16.1 Å². The molecule has 0 radical (unpaired) electrons. The molecule has 33 heavy (non-hydrogen) atoms. The zero-order chi connectivity index (χ0) is 23.6. The lowest BCUT2D eigenvalue weighted by Gasteiger charge is -2.22. The number of imide groups is 1. The molecule has 2 heterocycles. The van der Waals surface area contributed by atoms with Gasteiger partial charge in [-0.2, -0.15) is 5.01 Å². The van der Waals surface area contributed by atoms with Crippen LogP contribution < -0.4 is 10.7 Å². The van der Waals surface area contributed by atoms with Crippen LogP contribution in [0, 0.1) is 5.92 Å². The zero-order valence-electron chi connectivity index (χ0n) is 18.2. The lowest BCUT2D eigenvalue weighted by Crippen LogP contribution is -2.50. The summed E-state index contributed by atoms with van der Waals surface area (Å²) in [6.07, 6.45) is 0.992. The van der Waals surface area contributed by atoms with E-state index in [2.05, 4.69) is 10.7 Å². The van der Waals surface area contributed by atoms with Gasteiger partial charge in [0, 0.05) is 24.5 Å². The molecule has 0 saturated carbocycles. The number of likely N-dealkylation sites (tertiary alicyclic amines) is 1. The Balaban J connectivity index is 1.36. The monoisotopic (exact) mass is 468 g/mol. The van der Waals surface area contributed by atoms with Gasteiger partial charge >= 0.3 is 6.03 Å². The summed E-state index contributed by atoms with van der Waals surface area (Å²) in [6, 6.07) is 16.2. The Morgan fingerprint density at radius 2 is 1.82 bits per heavy atom. The topological polar surface area (TPSA) is 98.8 Å². The van der Waals surface area contributed by atoms with Crippen LogP contribution in [0.25, 0.3) is 0 Å². The van der Waals surface area contributed by atoms with Crippen LogP contribution in [0.15, 0.2) is 54.6 Å². The summed E-state index contributed by atoms with van der Waals surface area (Å²) in [6.45, 7) is 2.13. The number of benzene rings is 2. The van der Waals surface area contributed by atoms with Gasteiger partial charge in [0.15, 0.2) is 0 Å². The highest BCUT2D eigenvalue weighted by Crippen LogP contribution is 2.25. The highest BCUT2D eigenvalue weighted by atomic mass is 35.5. The van der Waals surface area contributed by atoms with Gasteiger partial charge in [-0.3, -0.25) is 19.8 Å². The predicted molar refractivity (Wildman–Crippen MR) is 122 cm³/mol. The van der Waals surface area contributed by atoms with Crippen molar-refractivity contribution in [3.63, 3.8) is 0 Å². The van der Waals surface area contributed by atoms with Gasteiger partial charge in [-0.15, -0.1) is 0 Å². The molecule has 2 saturated heterocycles. The molecule has 2 atom stereocenters. The zero-order valence-corrected chi connectivity index (χ0v) is 19.0. The van der Waals surface area contributed by atoms with Crippen molar-refractivity contribution >= 4 is 35.4 Å². The van der Waals surface area contributed by atoms with Crippen molar-refractivity contribution in [3.8, 4) is 0 Å². The molecule has 0 unspecified atom stereocenters. The largest absolute Gasteiger partial charge is 0.344 e. The minimum atomic E-state index is -1.12. The standard InChI is InChI=1S/C24H25ClN4O4/c1-24(12-11-16-7-3-2-4-8-16)22(32)29(23(33)26-24)27-21(31)18-13-20(30)28(15-18)14-17-9-5-6-10-19(17)25/h2-10,18H,11-15H2,1H3,(H,26,33)(H,27,31)/t18-,24+/m1/s1. The average Bonchev–Trinajstić information content (AvgIpc) is 3.27. The molecular weight excluding hydrogens is 444 g/mol. The minimum Gasteiger partial charge on any atom is -0.337 e. The number of hydrogen-bond donors (Lipinski definition) is 2. The quantitative estimate of drug-likeness (QED) is 0.610. The summed E-state index contributed by atoms with van der Waals surface area (Å²) in [5, 5.41) is 3.96. The number of nitrogens with one attached hydrogen (secondary N) is 2. The highest BCUT2D eigenvalue weighted by Gasteiger charge is 2.49. The first kappa shape index (κ1) is 22.8. The number of halogens is 1. The molecule has 2 aliphatic heterocycles. The number of urea groups is 1. The van der Waals surface area contributed by atoms with Gasteiger partial charge in [-0.25, -0.2) is 4.79 Å². The van der Waals surface area contributed by atoms with E-state index in [0.29, 0.717) is 24.4 Å². The third-order valence-electron chi connectivity index (χ3n) is 6.14. The fourth-order valence-electron chi connectivity index (χ4n) is 4.13. The summed E-state index contributed by atoms with van der Waals surface area (Å²) < 4.78 is 0. The third kappa shape index (κ3) is 4.85. The predicted octanol–water partition coefficient (Wildman–Crippen LogP) is 2.66. The van der Waals surface area contributed by atoms with Crippen molar-refractivity contribution in [1.29, 1.82) is 0 Å². The van der Waals surface area contributed by atoms with E-state index in [-0.39, 0.29) is 18.9 Å². The van der Waals surface area contributed by atoms with Crippen LogP contribution in [-0.2, 0) is 27.3 Å². The van der Waals surface area contributed by atoms with E-state index in [9.17, 15) is 19.2 Å². The second-order valence-electron chi connectivity index (χ2n) is 8.63. The van der Waals surface area contributed by atoms with Gasteiger partial charge in [0.1, 0.15) is 5.54 Å². The maximum absolute atomic E-state index is 13.0. The van der Waals surface area contributed by atoms with Crippen LogP contribution in [0.5, 0.6) is 0 Å². The van der Waals surface area contributed by atoms with Crippen molar-refractivity contribution in [2.45, 2.75) is 38.3 Å². The number of carbonyl (C=O) groups is 4. The molecule has 4 rings (SSSR count). The molecule has 172 valence electrons. The number of amides is 5. The number of aryl methyl sites for hydroxylation is 1. The third-order valence-corrected chi connectivity index (χ3v) is 6.51. The van der Waals surface area contributed by atoms with E-state index in [4.69, 9.17) is 11.6 Å². The molecule has 2 aliphatic rings. The second-order valence-corrected chi connectivity index (χ2v) is 9.04. The maximum Gasteiger partial charge on any atom is 0.344 e. The Bertz CT molecular complexity index is 1090. The van der Waals surface area contributed by atoms with Gasteiger partial charge in [-0.1, -0.05) is 60.1 Å². The summed E-state index contributed by atoms with van der Waals surface area (Å²) in [4.78, 5) is 52.2. The molecule has 0 aliphatic carbocycles. The van der Waals surface area contributed by atoms with Gasteiger partial charge in [-0.05, 0) is 37.0 Å². The van der Waals surface area contributed by atoms with Gasteiger partial charge < -0.3 is 10.2 Å². The molecule has 0 bridgehead atoms. The van der Waals surface area contributed by atoms with E-state index in [1.165, 1.54) is 0 Å². The molecule has 0 aromatic heterocycles. The smallest absolute Gasteiger partial charge is 0.337 e. The lowest BCUT2D eigenvalue weighted by atomic mass is 9.93. The molecule has 5 amide bonds. The van der Waals surface area contributed by atoms with Crippen molar-refractivity contribution in [3.05, 3.63) is 70.7 Å². The summed E-state index contributed by atoms with van der Waals surface area (Å²) in [5.41, 5.74) is 3.13. The molecule has 9 heteroatoms. The number of carbonyl (C=O) groups excluding carboxylic acids is 4. The van der Waals surface area contributed by atoms with Crippen LogP contribution in [0.3, 0.4) is 0 Å². The Labute approximate surface area is 196 Å². The van der Waals surface area contributed by atoms with Crippen molar-refractivity contribution in [1.82, 2.24) is 20.7 Å². The van der Waals surface area contributed by atoms with E-state index in [1.54, 1.807) is 24.0 Å². The first-order valence-electron chi connectivity index (χ1n) is 10.8.